The first-order chi connectivity index (χ1) is 8.33. The molecule has 0 radical (unpaired) electrons. The number of nitrogens with one attached hydrogen (secondary N) is 1. The molecule has 4 nitrogen and oxygen atoms in total. The maximum Gasteiger partial charge on any atom is 0.208 e. The van der Waals surface area contributed by atoms with Gasteiger partial charge in [-0.2, -0.15) is 0 Å². The van der Waals surface area contributed by atoms with Crippen molar-refractivity contribution in [2.75, 3.05) is 0 Å². The standard InChI is InChI=1S/C13H18N2O2/c1-3-10-8-15-13(17-10)9-14-11(4-2)12-6-5-7-16-12/h5-8,11,14H,3-4,9H2,1-2H3. The van der Waals surface area contributed by atoms with Gasteiger partial charge in [-0.15, -0.1) is 0 Å². The number of hydrogen-bond acceptors (Lipinski definition) is 4. The van der Waals surface area contributed by atoms with E-state index in [1.165, 1.54) is 0 Å². The van der Waals surface area contributed by atoms with Gasteiger partial charge >= 0.3 is 0 Å². The second-order valence-corrected chi connectivity index (χ2v) is 3.93. The minimum Gasteiger partial charge on any atom is -0.468 e. The molecule has 0 saturated heterocycles. The van der Waals surface area contributed by atoms with E-state index in [2.05, 4.69) is 24.1 Å². The van der Waals surface area contributed by atoms with Crippen LogP contribution in [-0.4, -0.2) is 4.98 Å². The molecule has 17 heavy (non-hydrogen) atoms. The number of aromatic nitrogens is 1. The van der Waals surface area contributed by atoms with E-state index in [0.717, 1.165) is 30.3 Å². The molecule has 2 aromatic rings. The van der Waals surface area contributed by atoms with Crippen molar-refractivity contribution < 1.29 is 8.83 Å². The highest BCUT2D eigenvalue weighted by Gasteiger charge is 2.12. The normalized spacial score (nSPS) is 12.8. The van der Waals surface area contributed by atoms with Crippen molar-refractivity contribution in [2.24, 2.45) is 0 Å². The zero-order valence-electron chi connectivity index (χ0n) is 10.3. The third kappa shape index (κ3) is 2.97. The molecule has 92 valence electrons. The predicted molar refractivity (Wildman–Crippen MR) is 64.5 cm³/mol. The van der Waals surface area contributed by atoms with E-state index in [9.17, 15) is 0 Å². The summed E-state index contributed by atoms with van der Waals surface area (Å²) in [7, 11) is 0. The van der Waals surface area contributed by atoms with Crippen LogP contribution in [0.5, 0.6) is 0 Å². The Balaban J connectivity index is 1.92. The number of hydrogen-bond donors (Lipinski definition) is 1. The molecule has 0 fully saturated rings. The van der Waals surface area contributed by atoms with Gasteiger partial charge in [-0.05, 0) is 18.6 Å². The fourth-order valence-corrected chi connectivity index (χ4v) is 1.74. The maximum absolute atomic E-state index is 5.54. The largest absolute Gasteiger partial charge is 0.468 e. The number of aryl methyl sites for hydroxylation is 1. The molecule has 0 aliphatic rings. The molecule has 1 unspecified atom stereocenters. The zero-order valence-corrected chi connectivity index (χ0v) is 10.3. The molecular weight excluding hydrogens is 216 g/mol. The van der Waals surface area contributed by atoms with Crippen molar-refractivity contribution in [1.82, 2.24) is 10.3 Å². The summed E-state index contributed by atoms with van der Waals surface area (Å²) >= 11 is 0. The molecule has 0 aromatic carbocycles. The first kappa shape index (κ1) is 11.9. The van der Waals surface area contributed by atoms with Crippen LogP contribution in [0.4, 0.5) is 0 Å². The Bertz CT molecular complexity index is 434. The fourth-order valence-electron chi connectivity index (χ4n) is 1.74. The van der Waals surface area contributed by atoms with Crippen LogP contribution in [-0.2, 0) is 13.0 Å². The van der Waals surface area contributed by atoms with Gasteiger partial charge in [0.1, 0.15) is 11.5 Å². The van der Waals surface area contributed by atoms with Gasteiger partial charge in [-0.25, -0.2) is 4.98 Å². The Labute approximate surface area is 101 Å². The summed E-state index contributed by atoms with van der Waals surface area (Å²) in [5.41, 5.74) is 0. The van der Waals surface area contributed by atoms with Crippen LogP contribution in [0.15, 0.2) is 33.4 Å². The van der Waals surface area contributed by atoms with Gasteiger partial charge < -0.3 is 8.83 Å². The van der Waals surface area contributed by atoms with Crippen LogP contribution in [0, 0.1) is 0 Å². The van der Waals surface area contributed by atoms with Crippen molar-refractivity contribution >= 4 is 0 Å². The first-order valence-corrected chi connectivity index (χ1v) is 6.03. The second-order valence-electron chi connectivity index (χ2n) is 3.93. The Morgan fingerprint density at radius 2 is 2.29 bits per heavy atom. The molecule has 0 saturated carbocycles. The predicted octanol–water partition coefficient (Wildman–Crippen LogP) is 3.07. The van der Waals surface area contributed by atoms with Crippen LogP contribution in [0.3, 0.4) is 0 Å². The van der Waals surface area contributed by atoms with Crippen molar-refractivity contribution in [1.29, 1.82) is 0 Å². The van der Waals surface area contributed by atoms with Gasteiger partial charge in [0, 0.05) is 6.42 Å². The van der Waals surface area contributed by atoms with E-state index in [4.69, 9.17) is 8.83 Å². The molecule has 0 aliphatic heterocycles. The first-order valence-electron chi connectivity index (χ1n) is 6.03. The number of furan rings is 1. The van der Waals surface area contributed by atoms with Crippen molar-refractivity contribution in [3.8, 4) is 0 Å². The molecule has 2 aromatic heterocycles. The lowest BCUT2D eigenvalue weighted by molar-refractivity contribution is 0.373. The number of nitrogens with zero attached hydrogens (tertiary/aromatic N) is 1. The third-order valence-corrected chi connectivity index (χ3v) is 2.74. The molecule has 4 heteroatoms. The molecule has 0 amide bonds. The summed E-state index contributed by atoms with van der Waals surface area (Å²) in [6, 6.07) is 4.09. The van der Waals surface area contributed by atoms with Crippen molar-refractivity contribution in [3.05, 3.63) is 42.0 Å². The number of oxazole rings is 1. The molecular formula is C13H18N2O2. The highest BCUT2D eigenvalue weighted by atomic mass is 16.4. The fraction of sp³-hybridized carbons (Fsp3) is 0.462. The lowest BCUT2D eigenvalue weighted by Gasteiger charge is -2.12. The van der Waals surface area contributed by atoms with E-state index in [1.54, 1.807) is 12.5 Å². The molecule has 1 N–H and O–H groups in total. The Kier molecular flexibility index (Phi) is 3.98. The summed E-state index contributed by atoms with van der Waals surface area (Å²) in [6.45, 7) is 4.79. The Hall–Kier alpha value is -1.55. The molecule has 0 aliphatic carbocycles. The van der Waals surface area contributed by atoms with Gasteiger partial charge in [0.2, 0.25) is 5.89 Å². The Morgan fingerprint density at radius 1 is 1.41 bits per heavy atom. The quantitative estimate of drug-likeness (QED) is 0.834. The van der Waals surface area contributed by atoms with Gasteiger partial charge in [0.05, 0.1) is 25.0 Å². The minimum absolute atomic E-state index is 0.210. The number of rotatable bonds is 6. The molecule has 0 bridgehead atoms. The van der Waals surface area contributed by atoms with Crippen molar-refractivity contribution in [2.45, 2.75) is 39.3 Å². The van der Waals surface area contributed by atoms with Gasteiger partial charge in [0.25, 0.3) is 0 Å². The average Bonchev–Trinajstić information content (AvgIpc) is 3.00. The zero-order chi connectivity index (χ0) is 12.1. The lowest BCUT2D eigenvalue weighted by Crippen LogP contribution is -2.19. The van der Waals surface area contributed by atoms with Gasteiger partial charge in [-0.1, -0.05) is 13.8 Å². The van der Waals surface area contributed by atoms with Crippen LogP contribution >= 0.6 is 0 Å². The SMILES string of the molecule is CCc1cnc(CNC(CC)c2ccco2)o1. The topological polar surface area (TPSA) is 51.2 Å². The van der Waals surface area contributed by atoms with Gasteiger partial charge in [0.15, 0.2) is 0 Å². The summed E-state index contributed by atoms with van der Waals surface area (Å²) in [5.74, 6) is 2.61. The summed E-state index contributed by atoms with van der Waals surface area (Å²) < 4.78 is 10.9. The monoisotopic (exact) mass is 234 g/mol. The summed E-state index contributed by atoms with van der Waals surface area (Å²) in [4.78, 5) is 4.21. The summed E-state index contributed by atoms with van der Waals surface area (Å²) in [6.07, 6.45) is 5.32. The molecule has 2 rings (SSSR count). The van der Waals surface area contributed by atoms with Crippen LogP contribution in [0.1, 0.15) is 43.7 Å². The van der Waals surface area contributed by atoms with E-state index in [-0.39, 0.29) is 6.04 Å². The second kappa shape index (κ2) is 5.68. The third-order valence-electron chi connectivity index (χ3n) is 2.74. The minimum atomic E-state index is 0.210. The molecule has 1 atom stereocenters. The van der Waals surface area contributed by atoms with E-state index in [0.29, 0.717) is 6.54 Å². The summed E-state index contributed by atoms with van der Waals surface area (Å²) in [5, 5.41) is 3.38. The van der Waals surface area contributed by atoms with Crippen LogP contribution < -0.4 is 5.32 Å². The van der Waals surface area contributed by atoms with Crippen molar-refractivity contribution in [3.63, 3.8) is 0 Å². The molecule has 2 heterocycles. The van der Waals surface area contributed by atoms with Crippen LogP contribution in [0.25, 0.3) is 0 Å². The Morgan fingerprint density at radius 3 is 2.88 bits per heavy atom. The highest BCUT2D eigenvalue weighted by molar-refractivity contribution is 5.04. The highest BCUT2D eigenvalue weighted by Crippen LogP contribution is 2.17. The maximum atomic E-state index is 5.54. The van der Waals surface area contributed by atoms with Gasteiger partial charge in [-0.3, -0.25) is 5.32 Å². The smallest absolute Gasteiger partial charge is 0.208 e. The lowest BCUT2D eigenvalue weighted by atomic mass is 10.2. The van der Waals surface area contributed by atoms with E-state index >= 15 is 0 Å². The van der Waals surface area contributed by atoms with E-state index < -0.39 is 0 Å². The molecule has 0 spiro atoms. The average molecular weight is 234 g/mol. The van der Waals surface area contributed by atoms with Crippen LogP contribution in [0.2, 0.25) is 0 Å². The van der Waals surface area contributed by atoms with E-state index in [1.807, 2.05) is 12.1 Å².